The van der Waals surface area contributed by atoms with Crippen LogP contribution in [0.1, 0.15) is 0 Å². The van der Waals surface area contributed by atoms with Gasteiger partial charge in [-0.15, -0.1) is 0 Å². The predicted octanol–water partition coefficient (Wildman–Crippen LogP) is 15.2. The lowest BCUT2D eigenvalue weighted by Gasteiger charge is -2.16. The molecule has 0 saturated heterocycles. The number of rotatable bonds is 8. The van der Waals surface area contributed by atoms with Crippen LogP contribution >= 0.6 is 0 Å². The SMILES string of the molecule is c1ccc(-c2cccc(-c3cc(-c4ccccc4)nc(-n4c5c(-c6ccccc6)cc(-c6ccccc6)cc5c5cc(-c6ccccc6)cc(-c6ccccc6)c54)n3)c2)cc1. The Morgan fingerprint density at radius 1 is 0.246 bits per heavy atom. The Bertz CT molecular complexity index is 3170. The molecule has 9 aromatic carbocycles. The van der Waals surface area contributed by atoms with E-state index in [1.165, 1.54) is 0 Å². The number of hydrogen-bond donors (Lipinski definition) is 0. The third-order valence-electron chi connectivity index (χ3n) is 11.6. The fraction of sp³-hybridized carbons (Fsp3) is 0. The molecule has 0 fully saturated rings. The molecule has 3 nitrogen and oxygen atoms in total. The van der Waals surface area contributed by atoms with Gasteiger partial charge in [0.05, 0.1) is 22.4 Å². The van der Waals surface area contributed by atoms with E-state index in [9.17, 15) is 0 Å². The summed E-state index contributed by atoms with van der Waals surface area (Å²) < 4.78 is 2.34. The van der Waals surface area contributed by atoms with Crippen molar-refractivity contribution in [3.63, 3.8) is 0 Å². The lowest BCUT2D eigenvalue weighted by Crippen LogP contribution is -2.05. The highest BCUT2D eigenvalue weighted by Crippen LogP contribution is 2.46. The molecule has 0 saturated carbocycles. The smallest absolute Gasteiger partial charge is 0.235 e. The fourth-order valence-electron chi connectivity index (χ4n) is 8.67. The van der Waals surface area contributed by atoms with Crippen LogP contribution in [0.25, 0.3) is 106 Å². The topological polar surface area (TPSA) is 30.7 Å². The molecule has 0 spiro atoms. The lowest BCUT2D eigenvalue weighted by molar-refractivity contribution is 0.996. The van der Waals surface area contributed by atoms with E-state index in [1.807, 2.05) is 0 Å². The maximum atomic E-state index is 5.59. The van der Waals surface area contributed by atoms with Crippen LogP contribution in [0.4, 0.5) is 0 Å². The van der Waals surface area contributed by atoms with Gasteiger partial charge in [-0.2, -0.15) is 0 Å². The Hall–Kier alpha value is -8.14. The van der Waals surface area contributed by atoms with E-state index in [0.717, 1.165) is 100.0 Å². The number of aromatic nitrogens is 3. The first-order valence-corrected chi connectivity index (χ1v) is 20.7. The van der Waals surface area contributed by atoms with Gasteiger partial charge in [0.25, 0.3) is 0 Å². The molecular weight excluding hydrogens is 739 g/mol. The Balaban J connectivity index is 1.30. The second-order valence-corrected chi connectivity index (χ2v) is 15.4. The maximum Gasteiger partial charge on any atom is 0.235 e. The monoisotopic (exact) mass is 777 g/mol. The van der Waals surface area contributed by atoms with Crippen LogP contribution in [-0.4, -0.2) is 14.5 Å². The fourth-order valence-corrected chi connectivity index (χ4v) is 8.67. The summed E-state index contributed by atoms with van der Waals surface area (Å²) in [6.45, 7) is 0. The van der Waals surface area contributed by atoms with Crippen LogP contribution in [-0.2, 0) is 0 Å². The Kier molecular flexibility index (Phi) is 9.18. The van der Waals surface area contributed by atoms with Crippen molar-refractivity contribution in [3.05, 3.63) is 237 Å². The second kappa shape index (κ2) is 15.6. The summed E-state index contributed by atoms with van der Waals surface area (Å²) in [5.74, 6) is 0.607. The van der Waals surface area contributed by atoms with Crippen molar-refractivity contribution in [1.82, 2.24) is 14.5 Å². The minimum atomic E-state index is 0.607. The minimum absolute atomic E-state index is 0.607. The molecule has 2 aromatic heterocycles. The van der Waals surface area contributed by atoms with Crippen molar-refractivity contribution in [2.75, 3.05) is 0 Å². The lowest BCUT2D eigenvalue weighted by atomic mass is 9.93. The molecule has 2 heterocycles. The van der Waals surface area contributed by atoms with Crippen molar-refractivity contribution < 1.29 is 0 Å². The van der Waals surface area contributed by atoms with Crippen LogP contribution < -0.4 is 0 Å². The summed E-state index contributed by atoms with van der Waals surface area (Å²) in [6, 6.07) is 84.1. The zero-order chi connectivity index (χ0) is 40.5. The molecule has 0 amide bonds. The Labute approximate surface area is 355 Å². The van der Waals surface area contributed by atoms with Crippen LogP contribution in [0.3, 0.4) is 0 Å². The van der Waals surface area contributed by atoms with Crippen molar-refractivity contribution in [3.8, 4) is 84.1 Å². The van der Waals surface area contributed by atoms with Crippen molar-refractivity contribution in [2.45, 2.75) is 0 Å². The molecule has 11 aromatic rings. The molecule has 286 valence electrons. The van der Waals surface area contributed by atoms with E-state index in [4.69, 9.17) is 9.97 Å². The zero-order valence-electron chi connectivity index (χ0n) is 33.4. The average molecular weight is 778 g/mol. The van der Waals surface area contributed by atoms with Gasteiger partial charge in [-0.1, -0.05) is 200 Å². The average Bonchev–Trinajstić information content (AvgIpc) is 3.69. The van der Waals surface area contributed by atoms with Gasteiger partial charge in [-0.3, -0.25) is 4.57 Å². The van der Waals surface area contributed by atoms with Crippen molar-refractivity contribution >= 4 is 21.8 Å². The molecule has 61 heavy (non-hydrogen) atoms. The number of benzene rings is 9. The second-order valence-electron chi connectivity index (χ2n) is 15.4. The molecule has 0 bridgehead atoms. The first-order valence-electron chi connectivity index (χ1n) is 20.7. The van der Waals surface area contributed by atoms with Gasteiger partial charge in [0.1, 0.15) is 0 Å². The molecule has 0 radical (unpaired) electrons. The van der Waals surface area contributed by atoms with E-state index in [2.05, 4.69) is 241 Å². The van der Waals surface area contributed by atoms with Crippen LogP contribution in [0.5, 0.6) is 0 Å². The summed E-state index contributed by atoms with van der Waals surface area (Å²) >= 11 is 0. The van der Waals surface area contributed by atoms with Gasteiger partial charge in [-0.25, -0.2) is 9.97 Å². The molecule has 0 aliphatic rings. The molecule has 0 atom stereocenters. The van der Waals surface area contributed by atoms with E-state index < -0.39 is 0 Å². The largest absolute Gasteiger partial charge is 0.277 e. The van der Waals surface area contributed by atoms with Gasteiger partial charge in [0, 0.05) is 33.0 Å². The number of hydrogen-bond acceptors (Lipinski definition) is 2. The van der Waals surface area contributed by atoms with E-state index >= 15 is 0 Å². The van der Waals surface area contributed by atoms with E-state index in [0.29, 0.717) is 5.95 Å². The molecule has 0 unspecified atom stereocenters. The summed E-state index contributed by atoms with van der Waals surface area (Å²) in [5.41, 5.74) is 17.2. The molecule has 11 rings (SSSR count). The number of fused-ring (bicyclic) bond motifs is 3. The molecule has 0 N–H and O–H groups in total. The highest BCUT2D eigenvalue weighted by molar-refractivity contribution is 6.19. The molecular formula is C58H39N3. The molecule has 3 heteroatoms. The standard InChI is InChI=1S/C58H39N3/c1-7-20-40(21-8-1)46-32-19-33-47(34-46)55-39-54(45-30-17-6-18-31-45)59-58(60-55)61-56-50(43-26-13-4-14-27-43)35-48(41-22-9-2-10-23-41)37-52(56)53-38-49(42-24-11-3-12-25-42)36-51(57(53)61)44-28-15-5-16-29-44/h1-39H. The molecule has 0 aliphatic carbocycles. The highest BCUT2D eigenvalue weighted by atomic mass is 15.2. The van der Waals surface area contributed by atoms with E-state index in [1.54, 1.807) is 0 Å². The minimum Gasteiger partial charge on any atom is -0.277 e. The van der Waals surface area contributed by atoms with Crippen molar-refractivity contribution in [1.29, 1.82) is 0 Å². The van der Waals surface area contributed by atoms with Crippen LogP contribution in [0.2, 0.25) is 0 Å². The van der Waals surface area contributed by atoms with Crippen molar-refractivity contribution in [2.24, 2.45) is 0 Å². The van der Waals surface area contributed by atoms with Gasteiger partial charge in [-0.05, 0) is 80.9 Å². The van der Waals surface area contributed by atoms with Gasteiger partial charge < -0.3 is 0 Å². The van der Waals surface area contributed by atoms with Crippen LogP contribution in [0, 0.1) is 0 Å². The Morgan fingerprint density at radius 3 is 1.03 bits per heavy atom. The summed E-state index contributed by atoms with van der Waals surface area (Å²) in [5, 5.41) is 2.26. The van der Waals surface area contributed by atoms with Gasteiger partial charge in [0.2, 0.25) is 5.95 Å². The third kappa shape index (κ3) is 6.78. The zero-order valence-corrected chi connectivity index (χ0v) is 33.4. The quantitative estimate of drug-likeness (QED) is 0.154. The summed E-state index contributed by atoms with van der Waals surface area (Å²) in [4.78, 5) is 11.1. The Morgan fingerprint density at radius 2 is 0.590 bits per heavy atom. The predicted molar refractivity (Wildman–Crippen MR) is 254 cm³/mol. The maximum absolute atomic E-state index is 5.59. The van der Waals surface area contributed by atoms with Gasteiger partial charge >= 0.3 is 0 Å². The van der Waals surface area contributed by atoms with E-state index in [-0.39, 0.29) is 0 Å². The summed E-state index contributed by atoms with van der Waals surface area (Å²) in [6.07, 6.45) is 0. The van der Waals surface area contributed by atoms with Gasteiger partial charge in [0.15, 0.2) is 0 Å². The highest BCUT2D eigenvalue weighted by Gasteiger charge is 2.25. The molecule has 0 aliphatic heterocycles. The summed E-state index contributed by atoms with van der Waals surface area (Å²) in [7, 11) is 0. The third-order valence-corrected chi connectivity index (χ3v) is 11.6. The first kappa shape index (κ1) is 36.0. The van der Waals surface area contributed by atoms with Crippen LogP contribution in [0.15, 0.2) is 237 Å². The first-order chi connectivity index (χ1) is 30.2. The normalized spacial score (nSPS) is 11.3. The number of nitrogens with zero attached hydrogens (tertiary/aromatic N) is 3.